The Bertz CT molecular complexity index is 901. The fourth-order valence-electron chi connectivity index (χ4n) is 2.45. The highest BCUT2D eigenvalue weighted by Gasteiger charge is 2.17. The van der Waals surface area contributed by atoms with Crippen molar-refractivity contribution in [3.63, 3.8) is 0 Å². The molecular weight excluding hydrogens is 391 g/mol. The molecule has 0 aliphatic rings. The fraction of sp³-hybridized carbons (Fsp3) is 0.167. The maximum absolute atomic E-state index is 12.3. The van der Waals surface area contributed by atoms with Crippen molar-refractivity contribution in [3.8, 4) is 0 Å². The van der Waals surface area contributed by atoms with Crippen molar-refractivity contribution in [2.45, 2.75) is 17.9 Å². The Hall–Kier alpha value is -2.02. The molecule has 1 amide bonds. The number of anilines is 1. The van der Waals surface area contributed by atoms with Gasteiger partial charge in [0.2, 0.25) is 5.91 Å². The lowest BCUT2D eigenvalue weighted by atomic mass is 10.1. The first-order chi connectivity index (χ1) is 12.5. The van der Waals surface area contributed by atoms with E-state index < -0.39 is 0 Å². The third kappa shape index (κ3) is 4.58. The van der Waals surface area contributed by atoms with Gasteiger partial charge in [0, 0.05) is 33.4 Å². The number of hydrogen-bond donors (Lipinski definition) is 1. The first kappa shape index (κ1) is 18.8. The van der Waals surface area contributed by atoms with E-state index in [1.165, 1.54) is 11.8 Å². The molecule has 0 saturated heterocycles. The minimum absolute atomic E-state index is 0.113. The van der Waals surface area contributed by atoms with E-state index in [0.29, 0.717) is 21.6 Å². The molecule has 0 aliphatic heterocycles. The van der Waals surface area contributed by atoms with Gasteiger partial charge in [0.1, 0.15) is 5.82 Å². The lowest BCUT2D eigenvalue weighted by Crippen LogP contribution is -2.19. The van der Waals surface area contributed by atoms with E-state index in [-0.39, 0.29) is 11.9 Å². The van der Waals surface area contributed by atoms with Gasteiger partial charge in [-0.25, -0.2) is 4.68 Å². The Morgan fingerprint density at radius 2 is 1.96 bits per heavy atom. The quantitative estimate of drug-likeness (QED) is 0.589. The summed E-state index contributed by atoms with van der Waals surface area (Å²) in [6.07, 6.45) is 5.04. The van der Waals surface area contributed by atoms with Gasteiger partial charge in [0.05, 0.1) is 18.0 Å². The number of pyridine rings is 1. The van der Waals surface area contributed by atoms with Gasteiger partial charge in [0.25, 0.3) is 0 Å². The van der Waals surface area contributed by atoms with Gasteiger partial charge in [-0.3, -0.25) is 9.78 Å². The van der Waals surface area contributed by atoms with Crippen LogP contribution >= 0.6 is 35.0 Å². The molecule has 0 aliphatic carbocycles. The molecule has 0 fully saturated rings. The lowest BCUT2D eigenvalue weighted by molar-refractivity contribution is -0.113. The summed E-state index contributed by atoms with van der Waals surface area (Å²) in [7, 11) is 0. The van der Waals surface area contributed by atoms with Crippen molar-refractivity contribution >= 4 is 46.7 Å². The molecule has 2 heterocycles. The van der Waals surface area contributed by atoms with Gasteiger partial charge in [-0.2, -0.15) is 5.10 Å². The number of nitrogens with one attached hydrogen (secondary N) is 1. The molecule has 2 aromatic heterocycles. The number of halogens is 2. The summed E-state index contributed by atoms with van der Waals surface area (Å²) < 4.78 is 1.71. The summed E-state index contributed by atoms with van der Waals surface area (Å²) in [6.45, 7) is 1.95. The number of nitrogens with zero attached hydrogens (tertiary/aromatic N) is 3. The van der Waals surface area contributed by atoms with Crippen LogP contribution in [0.3, 0.4) is 0 Å². The number of amides is 1. The predicted octanol–water partition coefficient (Wildman–Crippen LogP) is 4.93. The molecule has 134 valence electrons. The van der Waals surface area contributed by atoms with Gasteiger partial charge in [-0.15, -0.1) is 11.8 Å². The highest BCUT2D eigenvalue weighted by molar-refractivity contribution is 8.00. The zero-order chi connectivity index (χ0) is 18.5. The molecule has 8 heteroatoms. The minimum atomic E-state index is -0.181. The third-order valence-electron chi connectivity index (χ3n) is 3.73. The van der Waals surface area contributed by atoms with Crippen LogP contribution in [-0.2, 0) is 4.79 Å². The van der Waals surface area contributed by atoms with E-state index in [1.54, 1.807) is 47.5 Å². The van der Waals surface area contributed by atoms with Crippen molar-refractivity contribution < 1.29 is 4.79 Å². The van der Waals surface area contributed by atoms with Gasteiger partial charge < -0.3 is 5.32 Å². The highest BCUT2D eigenvalue weighted by Crippen LogP contribution is 2.30. The second kappa shape index (κ2) is 8.58. The maximum Gasteiger partial charge on any atom is 0.235 e. The average molecular weight is 407 g/mol. The van der Waals surface area contributed by atoms with Crippen molar-refractivity contribution in [2.24, 2.45) is 0 Å². The van der Waals surface area contributed by atoms with E-state index >= 15 is 0 Å². The van der Waals surface area contributed by atoms with Crippen LogP contribution in [0.15, 0.2) is 59.9 Å². The predicted molar refractivity (Wildman–Crippen MR) is 106 cm³/mol. The summed E-state index contributed by atoms with van der Waals surface area (Å²) in [6, 6.07) is 10.6. The molecule has 26 heavy (non-hydrogen) atoms. The second-order valence-electron chi connectivity index (χ2n) is 5.52. The molecule has 1 aromatic carbocycles. The number of hydrogen-bond acceptors (Lipinski definition) is 4. The van der Waals surface area contributed by atoms with Crippen LogP contribution in [0.2, 0.25) is 10.0 Å². The van der Waals surface area contributed by atoms with E-state index in [2.05, 4.69) is 15.4 Å². The Morgan fingerprint density at radius 3 is 2.73 bits per heavy atom. The summed E-state index contributed by atoms with van der Waals surface area (Å²) in [4.78, 5) is 17.2. The molecule has 1 N–H and O–H groups in total. The maximum atomic E-state index is 12.3. The second-order valence-corrected chi connectivity index (χ2v) is 7.41. The van der Waals surface area contributed by atoms with Crippen molar-refractivity contribution in [3.05, 3.63) is 70.6 Å². The Labute approximate surface area is 165 Å². The topological polar surface area (TPSA) is 59.8 Å². The summed E-state index contributed by atoms with van der Waals surface area (Å²) in [5.41, 5.74) is 0.838. The molecule has 0 bridgehead atoms. The number of carbonyl (C=O) groups is 1. The molecule has 1 atom stereocenters. The van der Waals surface area contributed by atoms with Crippen LogP contribution in [0.5, 0.6) is 0 Å². The normalized spacial score (nSPS) is 12.0. The Balaban J connectivity index is 1.70. The zero-order valence-electron chi connectivity index (χ0n) is 13.9. The Kier molecular flexibility index (Phi) is 6.19. The molecule has 1 unspecified atom stereocenters. The summed E-state index contributed by atoms with van der Waals surface area (Å²) >= 11 is 13.8. The third-order valence-corrected chi connectivity index (χ3v) is 5.32. The van der Waals surface area contributed by atoms with Crippen LogP contribution in [-0.4, -0.2) is 26.4 Å². The largest absolute Gasteiger partial charge is 0.310 e. The standard InChI is InChI=1S/C18H16Cl2N4OS/c1-12(15-10-13(19)2-3-16(15)20)24-17(6-9-22-24)23-18(25)11-26-14-4-7-21-8-5-14/h2-10,12H,11H2,1H3,(H,23,25). The Morgan fingerprint density at radius 1 is 1.19 bits per heavy atom. The van der Waals surface area contributed by atoms with Crippen LogP contribution < -0.4 is 5.32 Å². The van der Waals surface area contributed by atoms with Crippen LogP contribution in [0, 0.1) is 0 Å². The number of carbonyl (C=O) groups excluding carboxylic acids is 1. The minimum Gasteiger partial charge on any atom is -0.310 e. The molecular formula is C18H16Cl2N4OS. The van der Waals surface area contributed by atoms with E-state index in [9.17, 15) is 4.79 Å². The smallest absolute Gasteiger partial charge is 0.235 e. The first-order valence-electron chi connectivity index (χ1n) is 7.85. The summed E-state index contributed by atoms with van der Waals surface area (Å²) in [5, 5.41) is 8.41. The summed E-state index contributed by atoms with van der Waals surface area (Å²) in [5.74, 6) is 0.786. The van der Waals surface area contributed by atoms with Crippen LogP contribution in [0.4, 0.5) is 5.82 Å². The molecule has 3 rings (SSSR count). The van der Waals surface area contributed by atoms with Gasteiger partial charge in [0.15, 0.2) is 0 Å². The van der Waals surface area contributed by atoms with Gasteiger partial charge in [-0.05, 0) is 42.8 Å². The van der Waals surface area contributed by atoms with Crippen LogP contribution in [0.1, 0.15) is 18.5 Å². The van der Waals surface area contributed by atoms with Crippen molar-refractivity contribution in [1.82, 2.24) is 14.8 Å². The van der Waals surface area contributed by atoms with E-state index in [0.717, 1.165) is 10.5 Å². The number of aromatic nitrogens is 3. The van der Waals surface area contributed by atoms with Crippen molar-refractivity contribution in [2.75, 3.05) is 11.1 Å². The SMILES string of the molecule is CC(c1cc(Cl)ccc1Cl)n1nccc1NC(=O)CSc1ccncc1. The van der Waals surface area contributed by atoms with Gasteiger partial charge >= 0.3 is 0 Å². The van der Waals surface area contributed by atoms with Gasteiger partial charge in [-0.1, -0.05) is 23.2 Å². The lowest BCUT2D eigenvalue weighted by Gasteiger charge is -2.18. The molecule has 3 aromatic rings. The molecule has 0 saturated carbocycles. The van der Waals surface area contributed by atoms with E-state index in [4.69, 9.17) is 23.2 Å². The molecule has 0 radical (unpaired) electrons. The highest BCUT2D eigenvalue weighted by atomic mass is 35.5. The zero-order valence-corrected chi connectivity index (χ0v) is 16.2. The fourth-order valence-corrected chi connectivity index (χ4v) is 3.59. The number of thioether (sulfide) groups is 1. The van der Waals surface area contributed by atoms with Crippen molar-refractivity contribution in [1.29, 1.82) is 0 Å². The molecule has 5 nitrogen and oxygen atoms in total. The molecule has 0 spiro atoms. The number of benzene rings is 1. The average Bonchev–Trinajstić information content (AvgIpc) is 3.10. The monoisotopic (exact) mass is 406 g/mol. The first-order valence-corrected chi connectivity index (χ1v) is 9.60. The van der Waals surface area contributed by atoms with E-state index in [1.807, 2.05) is 19.1 Å². The number of rotatable bonds is 6. The van der Waals surface area contributed by atoms with Crippen LogP contribution in [0.25, 0.3) is 0 Å².